The minimum atomic E-state index is 0.269. The van der Waals surface area contributed by atoms with Crippen LogP contribution in [0.25, 0.3) is 0 Å². The Bertz CT molecular complexity index is 583. The lowest BCUT2D eigenvalue weighted by Gasteiger charge is -2.11. The van der Waals surface area contributed by atoms with E-state index in [9.17, 15) is 0 Å². The number of aryl methyl sites for hydroxylation is 1. The van der Waals surface area contributed by atoms with Gasteiger partial charge in [-0.2, -0.15) is 0 Å². The Morgan fingerprint density at radius 2 is 2.14 bits per heavy atom. The van der Waals surface area contributed by atoms with Crippen LogP contribution in [0.2, 0.25) is 0 Å². The van der Waals surface area contributed by atoms with Crippen LogP contribution >= 0.6 is 11.8 Å². The molecule has 0 radical (unpaired) electrons. The molecule has 0 aliphatic rings. The fourth-order valence-electron chi connectivity index (χ4n) is 1.99. The molecular formula is C15H22N4OS. The van der Waals surface area contributed by atoms with E-state index in [0.717, 1.165) is 23.1 Å². The van der Waals surface area contributed by atoms with E-state index in [1.807, 2.05) is 22.8 Å². The van der Waals surface area contributed by atoms with Gasteiger partial charge in [0.25, 0.3) is 0 Å². The smallest absolute Gasteiger partial charge is 0.222 e. The third kappa shape index (κ3) is 4.39. The second kappa shape index (κ2) is 7.36. The molecule has 0 aliphatic carbocycles. The van der Waals surface area contributed by atoms with Crippen LogP contribution in [0.15, 0.2) is 29.4 Å². The van der Waals surface area contributed by atoms with Crippen LogP contribution in [0.1, 0.15) is 31.9 Å². The lowest BCUT2D eigenvalue weighted by molar-refractivity contribution is 0.318. The average Bonchev–Trinajstić information content (AvgIpc) is 2.80. The van der Waals surface area contributed by atoms with Crippen LogP contribution < -0.4 is 10.5 Å². The molecule has 0 bridgehead atoms. The number of hydrogen-bond acceptors (Lipinski definition) is 5. The molecule has 6 heteroatoms. The second-order valence-corrected chi connectivity index (χ2v) is 6.23. The molecule has 2 rings (SSSR count). The standard InChI is InChI=1S/C15H22N4OS/c1-11(2)19-14(16)17-18-15(19)21-9-5-8-20-13-7-4-6-12(3)10-13/h4,6-7,10-11H,5,8-9H2,1-3H3,(H2,16,17). The van der Waals surface area contributed by atoms with E-state index in [4.69, 9.17) is 10.5 Å². The quantitative estimate of drug-likeness (QED) is 0.628. The number of nitrogens with zero attached hydrogens (tertiary/aromatic N) is 3. The number of nitrogen functional groups attached to an aromatic ring is 1. The molecule has 2 N–H and O–H groups in total. The summed E-state index contributed by atoms with van der Waals surface area (Å²) in [6.45, 7) is 6.91. The summed E-state index contributed by atoms with van der Waals surface area (Å²) in [4.78, 5) is 0. The molecular weight excluding hydrogens is 284 g/mol. The van der Waals surface area contributed by atoms with E-state index in [1.165, 1.54) is 5.56 Å². The van der Waals surface area contributed by atoms with Crippen molar-refractivity contribution >= 4 is 17.7 Å². The van der Waals surface area contributed by atoms with Gasteiger partial charge in [0, 0.05) is 11.8 Å². The van der Waals surface area contributed by atoms with Crippen molar-refractivity contribution in [3.05, 3.63) is 29.8 Å². The lowest BCUT2D eigenvalue weighted by Crippen LogP contribution is -2.07. The van der Waals surface area contributed by atoms with Gasteiger partial charge >= 0.3 is 0 Å². The normalized spacial score (nSPS) is 11.0. The summed E-state index contributed by atoms with van der Waals surface area (Å²) < 4.78 is 7.68. The molecule has 0 aliphatic heterocycles. The molecule has 21 heavy (non-hydrogen) atoms. The summed E-state index contributed by atoms with van der Waals surface area (Å²) in [6, 6.07) is 8.37. The molecule has 5 nitrogen and oxygen atoms in total. The van der Waals surface area contributed by atoms with Crippen LogP contribution in [0.5, 0.6) is 5.75 Å². The SMILES string of the molecule is Cc1cccc(OCCCSc2nnc(N)n2C(C)C)c1. The fraction of sp³-hybridized carbons (Fsp3) is 0.467. The zero-order chi connectivity index (χ0) is 15.2. The van der Waals surface area contributed by atoms with Crippen molar-refractivity contribution in [3.63, 3.8) is 0 Å². The number of aromatic nitrogens is 3. The predicted octanol–water partition coefficient (Wildman–Crippen LogP) is 3.31. The molecule has 0 amide bonds. The molecule has 0 fully saturated rings. The Morgan fingerprint density at radius 1 is 1.33 bits per heavy atom. The van der Waals surface area contributed by atoms with E-state index >= 15 is 0 Å². The highest BCUT2D eigenvalue weighted by molar-refractivity contribution is 7.99. The first kappa shape index (κ1) is 15.7. The molecule has 0 atom stereocenters. The first-order valence-electron chi connectivity index (χ1n) is 7.10. The van der Waals surface area contributed by atoms with Gasteiger partial charge in [0.15, 0.2) is 5.16 Å². The van der Waals surface area contributed by atoms with Crippen molar-refractivity contribution < 1.29 is 4.74 Å². The zero-order valence-electron chi connectivity index (χ0n) is 12.7. The Balaban J connectivity index is 1.75. The molecule has 0 spiro atoms. The summed E-state index contributed by atoms with van der Waals surface area (Å²) in [5.74, 6) is 2.33. The largest absolute Gasteiger partial charge is 0.494 e. The molecule has 1 heterocycles. The van der Waals surface area contributed by atoms with Gasteiger partial charge in [-0.15, -0.1) is 10.2 Å². The summed E-state index contributed by atoms with van der Waals surface area (Å²) >= 11 is 1.66. The summed E-state index contributed by atoms with van der Waals surface area (Å²) in [5, 5.41) is 8.92. The number of nitrogens with two attached hydrogens (primary N) is 1. The first-order chi connectivity index (χ1) is 10.1. The van der Waals surface area contributed by atoms with Crippen molar-refractivity contribution in [1.29, 1.82) is 0 Å². The Hall–Kier alpha value is -1.69. The number of ether oxygens (including phenoxy) is 1. The minimum Gasteiger partial charge on any atom is -0.494 e. The highest BCUT2D eigenvalue weighted by Gasteiger charge is 2.12. The third-order valence-corrected chi connectivity index (χ3v) is 4.01. The van der Waals surface area contributed by atoms with Crippen molar-refractivity contribution in [1.82, 2.24) is 14.8 Å². The predicted molar refractivity (Wildman–Crippen MR) is 86.8 cm³/mol. The number of rotatable bonds is 7. The summed E-state index contributed by atoms with van der Waals surface area (Å²) in [7, 11) is 0. The Kier molecular flexibility index (Phi) is 5.50. The van der Waals surface area contributed by atoms with Gasteiger partial charge in [0.1, 0.15) is 5.75 Å². The number of thioether (sulfide) groups is 1. The third-order valence-electron chi connectivity index (χ3n) is 2.99. The summed E-state index contributed by atoms with van der Waals surface area (Å²) in [5.41, 5.74) is 7.02. The first-order valence-corrected chi connectivity index (χ1v) is 8.09. The molecule has 1 aromatic carbocycles. The van der Waals surface area contributed by atoms with Crippen LogP contribution in [0, 0.1) is 6.92 Å². The Labute approximate surface area is 129 Å². The Morgan fingerprint density at radius 3 is 2.86 bits per heavy atom. The molecule has 0 unspecified atom stereocenters. The molecule has 1 aromatic heterocycles. The van der Waals surface area contributed by atoms with Gasteiger partial charge in [0.2, 0.25) is 5.95 Å². The zero-order valence-corrected chi connectivity index (χ0v) is 13.6. The van der Waals surface area contributed by atoms with Crippen molar-refractivity contribution in [3.8, 4) is 5.75 Å². The van der Waals surface area contributed by atoms with Crippen molar-refractivity contribution in [2.45, 2.75) is 38.4 Å². The van der Waals surface area contributed by atoms with E-state index in [2.05, 4.69) is 37.0 Å². The lowest BCUT2D eigenvalue weighted by atomic mass is 10.2. The van der Waals surface area contributed by atoms with Gasteiger partial charge < -0.3 is 10.5 Å². The van der Waals surface area contributed by atoms with Gasteiger partial charge in [0.05, 0.1) is 6.61 Å². The molecule has 2 aromatic rings. The maximum absolute atomic E-state index is 5.81. The molecule has 0 saturated heterocycles. The molecule has 114 valence electrons. The van der Waals surface area contributed by atoms with E-state index in [0.29, 0.717) is 12.6 Å². The fourth-order valence-corrected chi connectivity index (χ4v) is 2.98. The van der Waals surface area contributed by atoms with E-state index < -0.39 is 0 Å². The van der Waals surface area contributed by atoms with E-state index in [-0.39, 0.29) is 6.04 Å². The van der Waals surface area contributed by atoms with Gasteiger partial charge in [-0.25, -0.2) is 0 Å². The highest BCUT2D eigenvalue weighted by Crippen LogP contribution is 2.23. The van der Waals surface area contributed by atoms with Gasteiger partial charge in [-0.3, -0.25) is 4.57 Å². The van der Waals surface area contributed by atoms with Crippen LogP contribution in [-0.4, -0.2) is 27.1 Å². The highest BCUT2D eigenvalue weighted by atomic mass is 32.2. The maximum atomic E-state index is 5.81. The van der Waals surface area contributed by atoms with Crippen molar-refractivity contribution in [2.24, 2.45) is 0 Å². The summed E-state index contributed by atoms with van der Waals surface area (Å²) in [6.07, 6.45) is 0.948. The van der Waals surface area contributed by atoms with Gasteiger partial charge in [-0.05, 0) is 44.9 Å². The van der Waals surface area contributed by atoms with Crippen LogP contribution in [0.4, 0.5) is 5.95 Å². The maximum Gasteiger partial charge on any atom is 0.222 e. The van der Waals surface area contributed by atoms with Crippen molar-refractivity contribution in [2.75, 3.05) is 18.1 Å². The number of anilines is 1. The minimum absolute atomic E-state index is 0.269. The number of benzene rings is 1. The van der Waals surface area contributed by atoms with Gasteiger partial charge in [-0.1, -0.05) is 23.9 Å². The second-order valence-electron chi connectivity index (χ2n) is 5.17. The average molecular weight is 306 g/mol. The molecule has 0 saturated carbocycles. The topological polar surface area (TPSA) is 66.0 Å². The van der Waals surface area contributed by atoms with Crippen LogP contribution in [-0.2, 0) is 0 Å². The van der Waals surface area contributed by atoms with Crippen LogP contribution in [0.3, 0.4) is 0 Å². The number of hydrogen-bond donors (Lipinski definition) is 1. The monoisotopic (exact) mass is 306 g/mol. The van der Waals surface area contributed by atoms with E-state index in [1.54, 1.807) is 11.8 Å².